The van der Waals surface area contributed by atoms with Crippen LogP contribution in [0.5, 0.6) is 5.75 Å². The Kier molecular flexibility index (Phi) is 6.33. The third-order valence-corrected chi connectivity index (χ3v) is 7.34. The maximum atomic E-state index is 5.84. The highest BCUT2D eigenvalue weighted by atomic mass is 32.2. The monoisotopic (exact) mass is 325 g/mol. The highest BCUT2D eigenvalue weighted by Gasteiger charge is 2.31. The highest BCUT2D eigenvalue weighted by molar-refractivity contribution is 8.07. The van der Waals surface area contributed by atoms with Crippen LogP contribution in [0.4, 0.5) is 0 Å². The summed E-state index contributed by atoms with van der Waals surface area (Å²) in [5, 5.41) is 5.58. The molecule has 118 valence electrons. The first kappa shape index (κ1) is 17.0. The van der Waals surface area contributed by atoms with Crippen molar-refractivity contribution in [2.24, 2.45) is 0 Å². The summed E-state index contributed by atoms with van der Waals surface area (Å²) in [5.74, 6) is 2.18. The third-order valence-electron chi connectivity index (χ3n) is 3.85. The van der Waals surface area contributed by atoms with Crippen molar-refractivity contribution in [3.05, 3.63) is 29.8 Å². The Balaban J connectivity index is 2.13. The Hall–Kier alpha value is -0.320. The Labute approximate surface area is 137 Å². The number of ether oxygens (including phenoxy) is 1. The zero-order chi connectivity index (χ0) is 15.4. The van der Waals surface area contributed by atoms with Gasteiger partial charge in [0.25, 0.3) is 0 Å². The Morgan fingerprint density at radius 1 is 1.24 bits per heavy atom. The fraction of sp³-hybridized carbons (Fsp3) is 0.647. The van der Waals surface area contributed by atoms with Crippen LogP contribution in [0.25, 0.3) is 0 Å². The minimum Gasteiger partial charge on any atom is -0.491 e. The highest BCUT2D eigenvalue weighted by Crippen LogP contribution is 2.41. The predicted molar refractivity (Wildman–Crippen MR) is 96.8 cm³/mol. The lowest BCUT2D eigenvalue weighted by Gasteiger charge is -2.36. The molecular formula is C17H27NOS2. The van der Waals surface area contributed by atoms with E-state index in [1.54, 1.807) is 0 Å². The Bertz CT molecular complexity index is 452. The van der Waals surface area contributed by atoms with Crippen LogP contribution >= 0.6 is 23.5 Å². The lowest BCUT2D eigenvalue weighted by atomic mass is 10.0. The molecule has 0 amide bonds. The third kappa shape index (κ3) is 4.57. The van der Waals surface area contributed by atoms with E-state index in [1.807, 2.05) is 6.07 Å². The van der Waals surface area contributed by atoms with Crippen molar-refractivity contribution in [1.29, 1.82) is 0 Å². The van der Waals surface area contributed by atoms with Gasteiger partial charge in [0.15, 0.2) is 0 Å². The fourth-order valence-corrected chi connectivity index (χ4v) is 5.76. The minimum absolute atomic E-state index is 0.216. The van der Waals surface area contributed by atoms with Gasteiger partial charge in [0.2, 0.25) is 0 Å². The summed E-state index contributed by atoms with van der Waals surface area (Å²) in [5.41, 5.74) is 1.33. The van der Waals surface area contributed by atoms with E-state index >= 15 is 0 Å². The zero-order valence-electron chi connectivity index (χ0n) is 13.6. The van der Waals surface area contributed by atoms with Gasteiger partial charge in [0, 0.05) is 27.5 Å². The molecule has 1 fully saturated rings. The molecule has 0 bridgehead atoms. The zero-order valence-corrected chi connectivity index (χ0v) is 15.3. The summed E-state index contributed by atoms with van der Waals surface area (Å²) >= 11 is 4.21. The topological polar surface area (TPSA) is 21.3 Å². The average Bonchev–Trinajstić information content (AvgIpc) is 2.43. The second-order valence-corrected chi connectivity index (χ2v) is 8.96. The van der Waals surface area contributed by atoms with Crippen LogP contribution in [-0.2, 0) is 0 Å². The number of thioether (sulfide) groups is 2. The van der Waals surface area contributed by atoms with Crippen molar-refractivity contribution in [2.45, 2.75) is 55.6 Å². The average molecular weight is 326 g/mol. The van der Waals surface area contributed by atoms with Crippen LogP contribution < -0.4 is 10.1 Å². The Morgan fingerprint density at radius 2 is 2.00 bits per heavy atom. The van der Waals surface area contributed by atoms with Gasteiger partial charge in [-0.05, 0) is 38.6 Å². The van der Waals surface area contributed by atoms with Crippen molar-refractivity contribution in [2.75, 3.05) is 12.8 Å². The van der Waals surface area contributed by atoms with Crippen LogP contribution in [0.1, 0.15) is 39.3 Å². The molecule has 4 heteroatoms. The molecule has 4 atom stereocenters. The van der Waals surface area contributed by atoms with E-state index < -0.39 is 0 Å². The van der Waals surface area contributed by atoms with E-state index in [4.69, 9.17) is 4.74 Å². The van der Waals surface area contributed by atoms with Gasteiger partial charge in [-0.25, -0.2) is 0 Å². The van der Waals surface area contributed by atoms with Crippen LogP contribution in [0.2, 0.25) is 0 Å². The van der Waals surface area contributed by atoms with E-state index in [0.717, 1.165) is 11.0 Å². The number of benzene rings is 1. The lowest BCUT2D eigenvalue weighted by molar-refractivity contribution is 0.242. The van der Waals surface area contributed by atoms with Gasteiger partial charge in [0.05, 0.1) is 6.10 Å². The van der Waals surface area contributed by atoms with E-state index in [1.165, 1.54) is 11.3 Å². The van der Waals surface area contributed by atoms with Crippen molar-refractivity contribution in [3.63, 3.8) is 0 Å². The molecule has 1 heterocycles. The van der Waals surface area contributed by atoms with Gasteiger partial charge in [-0.15, -0.1) is 0 Å². The van der Waals surface area contributed by atoms with Crippen molar-refractivity contribution < 1.29 is 4.74 Å². The molecular weight excluding hydrogens is 298 g/mol. The molecule has 0 spiro atoms. The molecule has 1 aliphatic rings. The van der Waals surface area contributed by atoms with E-state index in [9.17, 15) is 0 Å². The van der Waals surface area contributed by atoms with Crippen LogP contribution in [0, 0.1) is 0 Å². The SMILES string of the molecule is CNC(c1cccc(OC(C)C)c1)C1CSC(C)C(C)S1. The summed E-state index contributed by atoms with van der Waals surface area (Å²) in [4.78, 5) is 0. The van der Waals surface area contributed by atoms with E-state index in [2.05, 4.69) is 81.8 Å². The van der Waals surface area contributed by atoms with E-state index in [-0.39, 0.29) is 6.10 Å². The molecule has 2 rings (SSSR count). The van der Waals surface area contributed by atoms with Gasteiger partial charge >= 0.3 is 0 Å². The maximum absolute atomic E-state index is 5.84. The maximum Gasteiger partial charge on any atom is 0.120 e. The van der Waals surface area contributed by atoms with E-state index in [0.29, 0.717) is 16.5 Å². The first-order valence-electron chi connectivity index (χ1n) is 7.72. The standard InChI is InChI=1S/C17H27NOS2/c1-11(2)19-15-8-6-7-14(9-15)17(18-5)16-10-20-12(3)13(4)21-16/h6-9,11-13,16-18H,10H2,1-5H3. The molecule has 0 aliphatic carbocycles. The quantitative estimate of drug-likeness (QED) is 0.868. The summed E-state index contributed by atoms with van der Waals surface area (Å²) in [6.07, 6.45) is 0.216. The number of hydrogen-bond acceptors (Lipinski definition) is 4. The normalized spacial score (nSPS) is 27.6. The second-order valence-electron chi connectivity index (χ2n) is 5.92. The number of hydrogen-bond donors (Lipinski definition) is 1. The molecule has 0 radical (unpaired) electrons. The summed E-state index contributed by atoms with van der Waals surface area (Å²) in [6, 6.07) is 8.93. The van der Waals surface area contributed by atoms with Gasteiger partial charge < -0.3 is 10.1 Å². The van der Waals surface area contributed by atoms with Crippen molar-refractivity contribution >= 4 is 23.5 Å². The van der Waals surface area contributed by atoms with Crippen molar-refractivity contribution in [1.82, 2.24) is 5.32 Å². The largest absolute Gasteiger partial charge is 0.491 e. The van der Waals surface area contributed by atoms with Gasteiger partial charge in [-0.1, -0.05) is 26.0 Å². The van der Waals surface area contributed by atoms with Crippen LogP contribution in [-0.4, -0.2) is 34.7 Å². The molecule has 1 aromatic carbocycles. The summed E-state index contributed by atoms with van der Waals surface area (Å²) < 4.78 is 5.84. The molecule has 1 saturated heterocycles. The lowest BCUT2D eigenvalue weighted by Crippen LogP contribution is -2.35. The molecule has 1 aliphatic heterocycles. The van der Waals surface area contributed by atoms with Gasteiger partial charge in [-0.3, -0.25) is 0 Å². The number of nitrogens with one attached hydrogen (secondary N) is 1. The molecule has 0 saturated carbocycles. The summed E-state index contributed by atoms with van der Waals surface area (Å²) in [7, 11) is 2.06. The minimum atomic E-state index is 0.216. The molecule has 2 nitrogen and oxygen atoms in total. The molecule has 0 aromatic heterocycles. The fourth-order valence-electron chi connectivity index (χ4n) is 2.60. The van der Waals surface area contributed by atoms with Crippen LogP contribution in [0.15, 0.2) is 24.3 Å². The smallest absolute Gasteiger partial charge is 0.120 e. The molecule has 21 heavy (non-hydrogen) atoms. The number of rotatable bonds is 5. The molecule has 4 unspecified atom stereocenters. The predicted octanol–water partition coefficient (Wildman–Crippen LogP) is 4.36. The first-order chi connectivity index (χ1) is 10.0. The van der Waals surface area contributed by atoms with Crippen molar-refractivity contribution in [3.8, 4) is 5.75 Å². The Morgan fingerprint density at radius 3 is 2.62 bits per heavy atom. The summed E-state index contributed by atoms with van der Waals surface area (Å²) in [6.45, 7) is 8.82. The molecule has 1 N–H and O–H groups in total. The second kappa shape index (κ2) is 7.80. The van der Waals surface area contributed by atoms with Gasteiger partial charge in [-0.2, -0.15) is 23.5 Å². The molecule has 1 aromatic rings. The first-order valence-corrected chi connectivity index (χ1v) is 9.71. The van der Waals surface area contributed by atoms with Gasteiger partial charge in [0.1, 0.15) is 5.75 Å². The van der Waals surface area contributed by atoms with Crippen LogP contribution in [0.3, 0.4) is 0 Å².